The molecule has 0 aliphatic carbocycles. The molecule has 0 saturated heterocycles. The van der Waals surface area contributed by atoms with Gasteiger partial charge in [-0.3, -0.25) is 13.9 Å². The first kappa shape index (κ1) is 32.7. The molecule has 3 aromatic carbocycles. The first-order valence-electron chi connectivity index (χ1n) is 14.4. The Labute approximate surface area is 250 Å². The number of benzene rings is 3. The van der Waals surface area contributed by atoms with Gasteiger partial charge in [0.25, 0.3) is 10.0 Å². The quantitative estimate of drug-likeness (QED) is 0.248. The number of nitrogens with one attached hydrogen (secondary N) is 1. The van der Waals surface area contributed by atoms with Gasteiger partial charge in [-0.2, -0.15) is 0 Å². The summed E-state index contributed by atoms with van der Waals surface area (Å²) in [5, 5.41) is 2.95. The van der Waals surface area contributed by atoms with Crippen molar-refractivity contribution in [2.45, 2.75) is 71.4 Å². The Kier molecular flexibility index (Phi) is 11.6. The maximum atomic E-state index is 14.3. The van der Waals surface area contributed by atoms with Crippen molar-refractivity contribution in [3.8, 4) is 5.75 Å². The monoisotopic (exact) mass is 593 g/mol. The molecule has 8 nitrogen and oxygen atoms in total. The Balaban J connectivity index is 2.09. The lowest BCUT2D eigenvalue weighted by molar-refractivity contribution is -0.140. The highest BCUT2D eigenvalue weighted by Gasteiger charge is 2.34. The van der Waals surface area contributed by atoms with Crippen LogP contribution in [0.1, 0.15) is 55.4 Å². The Hall–Kier alpha value is -3.85. The number of ether oxygens (including phenoxy) is 1. The van der Waals surface area contributed by atoms with Crippen molar-refractivity contribution in [3.05, 3.63) is 89.0 Å². The summed E-state index contributed by atoms with van der Waals surface area (Å²) in [4.78, 5) is 29.2. The minimum Gasteiger partial charge on any atom is -0.497 e. The number of methoxy groups -OCH3 is 1. The minimum atomic E-state index is -4.13. The third-order valence-corrected chi connectivity index (χ3v) is 9.00. The number of carbonyl (C=O) groups excluding carboxylic acids is 2. The first-order valence-corrected chi connectivity index (χ1v) is 15.8. The predicted molar refractivity (Wildman–Crippen MR) is 167 cm³/mol. The zero-order valence-corrected chi connectivity index (χ0v) is 26.3. The Morgan fingerprint density at radius 2 is 1.62 bits per heavy atom. The van der Waals surface area contributed by atoms with Crippen LogP contribution in [-0.4, -0.2) is 51.4 Å². The number of hydrogen-bond acceptors (Lipinski definition) is 5. The van der Waals surface area contributed by atoms with Gasteiger partial charge in [0.2, 0.25) is 11.8 Å². The Morgan fingerprint density at radius 1 is 0.929 bits per heavy atom. The molecule has 226 valence electrons. The largest absolute Gasteiger partial charge is 0.497 e. The van der Waals surface area contributed by atoms with Gasteiger partial charge >= 0.3 is 0 Å². The van der Waals surface area contributed by atoms with Gasteiger partial charge in [-0.1, -0.05) is 62.2 Å². The van der Waals surface area contributed by atoms with Crippen molar-refractivity contribution < 1.29 is 22.7 Å². The molecule has 3 rings (SSSR count). The number of unbranched alkanes of at least 4 members (excludes halogenated alkanes) is 1. The molecule has 0 spiro atoms. The third-order valence-electron chi connectivity index (χ3n) is 7.22. The molecule has 0 aliphatic heterocycles. The first-order chi connectivity index (χ1) is 20.0. The Bertz CT molecular complexity index is 1470. The molecule has 1 unspecified atom stereocenters. The van der Waals surface area contributed by atoms with Crippen LogP contribution in [0.5, 0.6) is 5.75 Å². The molecule has 2 amide bonds. The summed E-state index contributed by atoms with van der Waals surface area (Å²) in [5.41, 5.74) is 3.69. The molecule has 3 aromatic rings. The lowest BCUT2D eigenvalue weighted by atomic mass is 10.1. The summed E-state index contributed by atoms with van der Waals surface area (Å²) in [5.74, 6) is -0.118. The van der Waals surface area contributed by atoms with E-state index < -0.39 is 28.5 Å². The molecule has 42 heavy (non-hydrogen) atoms. The minimum absolute atomic E-state index is 0.0884. The SMILES string of the molecule is CCCCNC(=O)C(CC)N(Cc1cccc(OC)c1)C(=O)CN(c1cc(C)ccc1C)S(=O)(=O)c1ccc(C)cc1. The van der Waals surface area contributed by atoms with Gasteiger partial charge in [0.15, 0.2) is 0 Å². The zero-order valence-electron chi connectivity index (χ0n) is 25.5. The van der Waals surface area contributed by atoms with Gasteiger partial charge in [-0.25, -0.2) is 8.42 Å². The van der Waals surface area contributed by atoms with Crippen molar-refractivity contribution in [3.63, 3.8) is 0 Å². The molecule has 9 heteroatoms. The molecule has 0 aromatic heterocycles. The van der Waals surface area contributed by atoms with Gasteiger partial charge in [-0.05, 0) is 80.6 Å². The fraction of sp³-hybridized carbons (Fsp3) is 0.394. The summed E-state index contributed by atoms with van der Waals surface area (Å²) >= 11 is 0. The van der Waals surface area contributed by atoms with Crippen LogP contribution >= 0.6 is 0 Å². The van der Waals surface area contributed by atoms with E-state index in [1.165, 1.54) is 9.21 Å². The van der Waals surface area contributed by atoms with Crippen molar-refractivity contribution >= 4 is 27.5 Å². The van der Waals surface area contributed by atoms with Gasteiger partial charge in [0.1, 0.15) is 18.3 Å². The summed E-state index contributed by atoms with van der Waals surface area (Å²) in [6, 6.07) is 18.6. The highest BCUT2D eigenvalue weighted by molar-refractivity contribution is 7.92. The van der Waals surface area contributed by atoms with Crippen molar-refractivity contribution in [1.82, 2.24) is 10.2 Å². The van der Waals surface area contributed by atoms with Crippen LogP contribution in [0.15, 0.2) is 71.6 Å². The van der Waals surface area contributed by atoms with E-state index in [1.54, 1.807) is 43.5 Å². The zero-order chi connectivity index (χ0) is 30.9. The summed E-state index contributed by atoms with van der Waals surface area (Å²) < 4.78 is 34.8. The van der Waals surface area contributed by atoms with Gasteiger partial charge in [0, 0.05) is 13.1 Å². The van der Waals surface area contributed by atoms with Crippen molar-refractivity contribution in [2.75, 3.05) is 24.5 Å². The second-order valence-electron chi connectivity index (χ2n) is 10.6. The summed E-state index contributed by atoms with van der Waals surface area (Å²) in [6.45, 7) is 9.62. The van der Waals surface area contributed by atoms with Crippen LogP contribution in [0.3, 0.4) is 0 Å². The number of carbonyl (C=O) groups is 2. The highest BCUT2D eigenvalue weighted by atomic mass is 32.2. The van der Waals surface area contributed by atoms with E-state index in [-0.39, 0.29) is 17.3 Å². The van der Waals surface area contributed by atoms with E-state index in [9.17, 15) is 18.0 Å². The van der Waals surface area contributed by atoms with E-state index in [0.29, 0.717) is 30.0 Å². The maximum Gasteiger partial charge on any atom is 0.264 e. The molecular formula is C33H43N3O5S. The summed E-state index contributed by atoms with van der Waals surface area (Å²) in [6.07, 6.45) is 2.11. The smallest absolute Gasteiger partial charge is 0.264 e. The number of nitrogens with zero attached hydrogens (tertiary/aromatic N) is 2. The average molecular weight is 594 g/mol. The molecule has 0 heterocycles. The molecule has 1 N–H and O–H groups in total. The predicted octanol–water partition coefficient (Wildman–Crippen LogP) is 5.54. The van der Waals surface area contributed by atoms with Crippen LogP contribution in [-0.2, 0) is 26.2 Å². The van der Waals surface area contributed by atoms with Crippen molar-refractivity contribution in [2.24, 2.45) is 0 Å². The molecule has 0 saturated carbocycles. The van der Waals surface area contributed by atoms with Crippen LogP contribution < -0.4 is 14.4 Å². The van der Waals surface area contributed by atoms with Gasteiger partial charge in [-0.15, -0.1) is 0 Å². The molecule has 0 radical (unpaired) electrons. The standard InChI is InChI=1S/C33H43N3O5S/c1-7-9-19-34-33(38)30(8-2)35(22-27-11-10-12-28(21-27)41-6)32(37)23-36(31-20-25(4)13-16-26(31)5)42(39,40)29-17-14-24(3)15-18-29/h10-18,20-21,30H,7-9,19,22-23H2,1-6H3,(H,34,38). The van der Waals surface area contributed by atoms with E-state index >= 15 is 0 Å². The second-order valence-corrected chi connectivity index (χ2v) is 12.4. The number of anilines is 1. The lowest BCUT2D eigenvalue weighted by Crippen LogP contribution is -2.52. The van der Waals surface area contributed by atoms with Crippen LogP contribution in [0.4, 0.5) is 5.69 Å². The van der Waals surface area contributed by atoms with Crippen LogP contribution in [0.2, 0.25) is 0 Å². The van der Waals surface area contributed by atoms with Gasteiger partial charge < -0.3 is 15.0 Å². The topological polar surface area (TPSA) is 96.0 Å². The normalized spacial score (nSPS) is 12.0. The molecular weight excluding hydrogens is 550 g/mol. The lowest BCUT2D eigenvalue weighted by Gasteiger charge is -2.33. The molecule has 1 atom stereocenters. The maximum absolute atomic E-state index is 14.3. The molecule has 0 aliphatic rings. The number of hydrogen-bond donors (Lipinski definition) is 1. The van der Waals surface area contributed by atoms with Crippen molar-refractivity contribution in [1.29, 1.82) is 0 Å². The van der Waals surface area contributed by atoms with Gasteiger partial charge in [0.05, 0.1) is 17.7 Å². The third kappa shape index (κ3) is 8.12. The molecule has 0 bridgehead atoms. The highest BCUT2D eigenvalue weighted by Crippen LogP contribution is 2.29. The number of aryl methyl sites for hydroxylation is 3. The fourth-order valence-electron chi connectivity index (χ4n) is 4.73. The number of sulfonamides is 1. The summed E-state index contributed by atoms with van der Waals surface area (Å²) in [7, 11) is -2.56. The van der Waals surface area contributed by atoms with Crippen LogP contribution in [0.25, 0.3) is 0 Å². The van der Waals surface area contributed by atoms with E-state index in [1.807, 2.05) is 65.0 Å². The van der Waals surface area contributed by atoms with E-state index in [4.69, 9.17) is 4.74 Å². The van der Waals surface area contributed by atoms with E-state index in [2.05, 4.69) is 5.32 Å². The fourth-order valence-corrected chi connectivity index (χ4v) is 6.20. The van der Waals surface area contributed by atoms with E-state index in [0.717, 1.165) is 29.5 Å². The average Bonchev–Trinajstić information content (AvgIpc) is 2.97. The number of rotatable bonds is 14. The second kappa shape index (κ2) is 14.9. The van der Waals surface area contributed by atoms with Crippen LogP contribution in [0, 0.1) is 20.8 Å². The number of amides is 2. The Morgan fingerprint density at radius 3 is 2.26 bits per heavy atom. The molecule has 0 fully saturated rings.